The van der Waals surface area contributed by atoms with Crippen molar-refractivity contribution in [3.05, 3.63) is 41.7 Å². The normalized spacial score (nSPS) is 24.9. The number of allylic oxidation sites excluding steroid dienone is 1. The molecule has 1 atom stereocenters. The fraction of sp³-hybridized carbons (Fsp3) is 0.471. The smallest absolute Gasteiger partial charge is 0.381 e. The molecule has 1 N–H and O–H groups in total. The number of halogens is 3. The third-order valence-corrected chi connectivity index (χ3v) is 4.45. The van der Waals surface area contributed by atoms with Crippen LogP contribution in [0.5, 0.6) is 0 Å². The molecule has 0 aromatic heterocycles. The molecule has 0 aliphatic carbocycles. The van der Waals surface area contributed by atoms with Crippen molar-refractivity contribution in [2.24, 2.45) is 5.10 Å². The molecule has 1 saturated heterocycles. The highest BCUT2D eigenvalue weighted by Gasteiger charge is 2.36. The predicted octanol–water partition coefficient (Wildman–Crippen LogP) is 3.64. The van der Waals surface area contributed by atoms with Gasteiger partial charge in [0.25, 0.3) is 0 Å². The van der Waals surface area contributed by atoms with Crippen molar-refractivity contribution < 1.29 is 17.9 Å². The van der Waals surface area contributed by atoms with E-state index in [-0.39, 0.29) is 4.59 Å². The van der Waals surface area contributed by atoms with Gasteiger partial charge in [-0.3, -0.25) is 0 Å². The molecular formula is C17H21F3N3O+. The van der Waals surface area contributed by atoms with Crippen LogP contribution < -0.4 is 9.91 Å². The molecule has 7 heteroatoms. The van der Waals surface area contributed by atoms with Crippen molar-refractivity contribution >= 4 is 11.9 Å². The number of nitrogens with zero attached hydrogens (tertiary/aromatic N) is 2. The molecule has 1 fully saturated rings. The van der Waals surface area contributed by atoms with E-state index in [1.807, 2.05) is 13.1 Å². The third-order valence-electron chi connectivity index (χ3n) is 4.45. The van der Waals surface area contributed by atoms with E-state index in [9.17, 15) is 13.2 Å². The summed E-state index contributed by atoms with van der Waals surface area (Å²) in [4.78, 5) is 0. The van der Waals surface area contributed by atoms with Gasteiger partial charge in [0.2, 0.25) is 0 Å². The lowest BCUT2D eigenvalue weighted by molar-refractivity contribution is -0.137. The SMILES string of the molecule is CC[N+]1(c2cccc(C(F)(F)F)c2)C=C(NC2CCOCC2)C=N1. The number of quaternary nitrogens is 1. The molecule has 2 heterocycles. The second-order valence-electron chi connectivity index (χ2n) is 6.05. The van der Waals surface area contributed by atoms with Crippen molar-refractivity contribution in [1.29, 1.82) is 0 Å². The topological polar surface area (TPSA) is 33.6 Å². The van der Waals surface area contributed by atoms with Gasteiger partial charge in [0, 0.05) is 31.4 Å². The molecule has 24 heavy (non-hydrogen) atoms. The zero-order valence-electron chi connectivity index (χ0n) is 13.5. The minimum atomic E-state index is -4.36. The molecule has 1 unspecified atom stereocenters. The molecule has 4 nitrogen and oxygen atoms in total. The van der Waals surface area contributed by atoms with E-state index in [1.54, 1.807) is 12.3 Å². The van der Waals surface area contributed by atoms with Crippen LogP contribution in [0.4, 0.5) is 18.9 Å². The largest absolute Gasteiger partial charge is 0.416 e. The maximum Gasteiger partial charge on any atom is 0.416 e. The van der Waals surface area contributed by atoms with Crippen molar-refractivity contribution in [1.82, 2.24) is 9.91 Å². The van der Waals surface area contributed by atoms with Gasteiger partial charge in [-0.1, -0.05) is 11.2 Å². The molecule has 3 rings (SSSR count). The molecule has 0 saturated carbocycles. The Bertz CT molecular complexity index is 651. The Labute approximate surface area is 139 Å². The first-order valence-corrected chi connectivity index (χ1v) is 8.11. The fourth-order valence-corrected chi connectivity index (χ4v) is 3.03. The Hall–Kier alpha value is -1.86. The van der Waals surface area contributed by atoms with Crippen LogP contribution in [0.3, 0.4) is 0 Å². The summed E-state index contributed by atoms with van der Waals surface area (Å²) in [5.74, 6) is 0. The summed E-state index contributed by atoms with van der Waals surface area (Å²) < 4.78 is 44.3. The van der Waals surface area contributed by atoms with Gasteiger partial charge >= 0.3 is 6.18 Å². The number of alkyl halides is 3. The monoisotopic (exact) mass is 340 g/mol. The van der Waals surface area contributed by atoms with Gasteiger partial charge in [-0.25, -0.2) is 0 Å². The average molecular weight is 340 g/mol. The summed E-state index contributed by atoms with van der Waals surface area (Å²) in [6.45, 7) is 3.90. The van der Waals surface area contributed by atoms with Crippen LogP contribution in [0.1, 0.15) is 25.3 Å². The molecule has 2 aliphatic heterocycles. The van der Waals surface area contributed by atoms with Gasteiger partial charge < -0.3 is 10.1 Å². The molecular weight excluding hydrogens is 319 g/mol. The van der Waals surface area contributed by atoms with Gasteiger partial charge in [-0.15, -0.1) is 4.59 Å². The van der Waals surface area contributed by atoms with Gasteiger partial charge in [0.05, 0.1) is 5.56 Å². The summed E-state index contributed by atoms with van der Waals surface area (Å²) in [6, 6.07) is 5.69. The standard InChI is InChI=1S/C17H21F3N3O/c1-2-23(16-5-3-4-13(10-16)17(18,19)20)12-15(11-21-23)22-14-6-8-24-9-7-14/h3-5,10-12,14,22H,2,6-9H2,1H3/q+1. The Morgan fingerprint density at radius 1 is 1.29 bits per heavy atom. The van der Waals surface area contributed by atoms with Crippen LogP contribution in [0.2, 0.25) is 0 Å². The first-order chi connectivity index (χ1) is 11.4. The van der Waals surface area contributed by atoms with Gasteiger partial charge in [0.15, 0.2) is 11.9 Å². The van der Waals surface area contributed by atoms with Crippen LogP contribution in [0.25, 0.3) is 0 Å². The molecule has 1 aromatic rings. The summed E-state index contributed by atoms with van der Waals surface area (Å²) in [5, 5.41) is 7.90. The van der Waals surface area contributed by atoms with E-state index in [0.717, 1.165) is 37.8 Å². The van der Waals surface area contributed by atoms with E-state index in [4.69, 9.17) is 4.74 Å². The molecule has 0 bridgehead atoms. The first kappa shape index (κ1) is 17.0. The second kappa shape index (κ2) is 6.57. The Kier molecular flexibility index (Phi) is 4.64. The van der Waals surface area contributed by atoms with E-state index in [2.05, 4.69) is 10.4 Å². The zero-order valence-corrected chi connectivity index (χ0v) is 13.5. The zero-order chi connectivity index (χ0) is 17.2. The molecule has 0 radical (unpaired) electrons. The van der Waals surface area contributed by atoms with E-state index in [0.29, 0.717) is 18.3 Å². The van der Waals surface area contributed by atoms with Crippen molar-refractivity contribution in [3.63, 3.8) is 0 Å². The summed E-state index contributed by atoms with van der Waals surface area (Å²) in [6.07, 6.45) is 1.07. The predicted molar refractivity (Wildman–Crippen MR) is 87.3 cm³/mol. The Morgan fingerprint density at radius 3 is 2.71 bits per heavy atom. The summed E-state index contributed by atoms with van der Waals surface area (Å²) in [5.41, 5.74) is 0.703. The quantitative estimate of drug-likeness (QED) is 0.849. The van der Waals surface area contributed by atoms with Crippen LogP contribution in [0.15, 0.2) is 41.3 Å². The number of rotatable bonds is 4. The Morgan fingerprint density at radius 2 is 2.04 bits per heavy atom. The van der Waals surface area contributed by atoms with Crippen molar-refractivity contribution in [2.75, 3.05) is 19.8 Å². The van der Waals surface area contributed by atoms with Crippen LogP contribution in [-0.4, -0.2) is 32.0 Å². The number of ether oxygens (including phenoxy) is 1. The summed E-state index contributed by atoms with van der Waals surface area (Å²) in [7, 11) is 0. The molecule has 0 spiro atoms. The molecule has 2 aliphatic rings. The van der Waals surface area contributed by atoms with E-state index < -0.39 is 11.7 Å². The van der Waals surface area contributed by atoms with E-state index >= 15 is 0 Å². The lowest BCUT2D eigenvalue weighted by Crippen LogP contribution is -2.37. The number of nitrogens with one attached hydrogen (secondary N) is 1. The third kappa shape index (κ3) is 3.47. The molecule has 130 valence electrons. The highest BCUT2D eigenvalue weighted by molar-refractivity contribution is 5.82. The summed E-state index contributed by atoms with van der Waals surface area (Å²) >= 11 is 0. The van der Waals surface area contributed by atoms with Gasteiger partial charge in [-0.2, -0.15) is 13.2 Å². The van der Waals surface area contributed by atoms with Crippen molar-refractivity contribution in [2.45, 2.75) is 32.0 Å². The highest BCUT2D eigenvalue weighted by atomic mass is 19.4. The lowest BCUT2D eigenvalue weighted by atomic mass is 10.1. The Balaban J connectivity index is 1.84. The minimum Gasteiger partial charge on any atom is -0.381 e. The van der Waals surface area contributed by atoms with E-state index in [1.165, 1.54) is 12.1 Å². The van der Waals surface area contributed by atoms with Crippen LogP contribution in [0, 0.1) is 0 Å². The number of benzene rings is 1. The lowest BCUT2D eigenvalue weighted by Gasteiger charge is -2.25. The van der Waals surface area contributed by atoms with Gasteiger partial charge in [0.1, 0.15) is 18.5 Å². The highest BCUT2D eigenvalue weighted by Crippen LogP contribution is 2.35. The van der Waals surface area contributed by atoms with Crippen molar-refractivity contribution in [3.8, 4) is 0 Å². The maximum atomic E-state index is 13.0. The number of hydrogen-bond donors (Lipinski definition) is 1. The van der Waals surface area contributed by atoms with Crippen LogP contribution in [-0.2, 0) is 10.9 Å². The second-order valence-corrected chi connectivity index (χ2v) is 6.05. The molecule has 1 aromatic carbocycles. The first-order valence-electron chi connectivity index (χ1n) is 8.11. The van der Waals surface area contributed by atoms with Crippen LogP contribution >= 0.6 is 0 Å². The average Bonchev–Trinajstić information content (AvgIpc) is 3.00. The maximum absolute atomic E-state index is 13.0. The van der Waals surface area contributed by atoms with Gasteiger partial charge in [-0.05, 0) is 25.8 Å². The minimum absolute atomic E-state index is 0.0372. The number of hydrogen-bond acceptors (Lipinski definition) is 3. The molecule has 0 amide bonds. The fourth-order valence-electron chi connectivity index (χ4n) is 3.03.